The number of ether oxygens (including phenoxy) is 2. The third-order valence-corrected chi connectivity index (χ3v) is 4.24. The van der Waals surface area contributed by atoms with Crippen LogP contribution in [0.2, 0.25) is 0 Å². The molecule has 0 bridgehead atoms. The second kappa shape index (κ2) is 9.60. The molecule has 0 spiro atoms. The molecule has 3 aromatic rings. The number of aromatic nitrogens is 2. The molecule has 8 heteroatoms. The van der Waals surface area contributed by atoms with Crippen LogP contribution in [0.25, 0.3) is 5.69 Å². The summed E-state index contributed by atoms with van der Waals surface area (Å²) in [5.41, 5.74) is 6.56. The van der Waals surface area contributed by atoms with Crippen molar-refractivity contribution in [1.82, 2.24) is 20.6 Å². The fraction of sp³-hybridized carbons (Fsp3) is 0.227. The van der Waals surface area contributed by atoms with Gasteiger partial charge >= 0.3 is 0 Å². The Morgan fingerprint density at radius 2 is 1.70 bits per heavy atom. The van der Waals surface area contributed by atoms with E-state index >= 15 is 0 Å². The van der Waals surface area contributed by atoms with Crippen LogP contribution in [0.5, 0.6) is 11.5 Å². The maximum atomic E-state index is 12.4. The maximum Gasteiger partial charge on any atom is 0.290 e. The number of amides is 2. The predicted octanol–water partition coefficient (Wildman–Crippen LogP) is 2.81. The van der Waals surface area contributed by atoms with E-state index in [1.54, 1.807) is 41.9 Å². The second-order valence-electron chi connectivity index (χ2n) is 6.53. The van der Waals surface area contributed by atoms with Crippen molar-refractivity contribution in [3.8, 4) is 17.2 Å². The highest BCUT2D eigenvalue weighted by atomic mass is 16.5. The van der Waals surface area contributed by atoms with Gasteiger partial charge in [0.1, 0.15) is 11.5 Å². The molecule has 0 aliphatic carbocycles. The predicted molar refractivity (Wildman–Crippen MR) is 112 cm³/mol. The van der Waals surface area contributed by atoms with Gasteiger partial charge in [0, 0.05) is 5.69 Å². The van der Waals surface area contributed by atoms with Crippen LogP contribution in [0.1, 0.15) is 30.0 Å². The minimum absolute atomic E-state index is 0.191. The van der Waals surface area contributed by atoms with Crippen molar-refractivity contribution in [2.24, 2.45) is 0 Å². The van der Waals surface area contributed by atoms with Crippen LogP contribution in [0.3, 0.4) is 0 Å². The summed E-state index contributed by atoms with van der Waals surface area (Å²) in [5.74, 6) is 0.231. The lowest BCUT2D eigenvalue weighted by Crippen LogP contribution is -2.47. The van der Waals surface area contributed by atoms with Gasteiger partial charge in [-0.05, 0) is 63.2 Å². The second-order valence-corrected chi connectivity index (χ2v) is 6.53. The lowest BCUT2D eigenvalue weighted by Gasteiger charge is -2.15. The Kier molecular flexibility index (Phi) is 6.69. The van der Waals surface area contributed by atoms with Gasteiger partial charge in [0.25, 0.3) is 11.8 Å². The molecule has 1 unspecified atom stereocenters. The molecule has 0 aliphatic rings. The number of hydrogen-bond acceptors (Lipinski definition) is 5. The van der Waals surface area contributed by atoms with Gasteiger partial charge in [-0.3, -0.25) is 20.4 Å². The Bertz CT molecular complexity index is 1000. The molecule has 0 saturated heterocycles. The average molecular weight is 408 g/mol. The average Bonchev–Trinajstić information content (AvgIpc) is 3.15. The third-order valence-electron chi connectivity index (χ3n) is 4.24. The summed E-state index contributed by atoms with van der Waals surface area (Å²) in [7, 11) is 0. The van der Waals surface area contributed by atoms with Gasteiger partial charge in [0.15, 0.2) is 11.8 Å². The number of para-hydroxylation sites is 1. The van der Waals surface area contributed by atoms with E-state index < -0.39 is 17.9 Å². The van der Waals surface area contributed by atoms with Crippen LogP contribution in [0, 0.1) is 6.92 Å². The van der Waals surface area contributed by atoms with Crippen molar-refractivity contribution in [3.63, 3.8) is 0 Å². The van der Waals surface area contributed by atoms with Crippen LogP contribution in [0.15, 0.2) is 60.7 Å². The summed E-state index contributed by atoms with van der Waals surface area (Å²) < 4.78 is 12.6. The lowest BCUT2D eigenvalue weighted by molar-refractivity contribution is -0.128. The number of aryl methyl sites for hydroxylation is 1. The zero-order valence-electron chi connectivity index (χ0n) is 17.1. The number of nitrogens with one attached hydrogen (secondary N) is 2. The Labute approximate surface area is 174 Å². The van der Waals surface area contributed by atoms with Crippen molar-refractivity contribution in [2.45, 2.75) is 26.9 Å². The summed E-state index contributed by atoms with van der Waals surface area (Å²) in [5, 5.41) is 4.30. The zero-order valence-corrected chi connectivity index (χ0v) is 17.1. The Hall–Kier alpha value is -3.81. The van der Waals surface area contributed by atoms with E-state index in [0.29, 0.717) is 12.4 Å². The topological polar surface area (TPSA) is 94.5 Å². The van der Waals surface area contributed by atoms with Gasteiger partial charge in [-0.1, -0.05) is 18.2 Å². The van der Waals surface area contributed by atoms with E-state index in [4.69, 9.17) is 9.47 Å². The summed E-state index contributed by atoms with van der Waals surface area (Å²) >= 11 is 0. The Morgan fingerprint density at radius 1 is 1.03 bits per heavy atom. The number of hydrazine groups is 1. The largest absolute Gasteiger partial charge is 0.494 e. The smallest absolute Gasteiger partial charge is 0.290 e. The van der Waals surface area contributed by atoms with Gasteiger partial charge in [0.2, 0.25) is 0 Å². The fourth-order valence-corrected chi connectivity index (χ4v) is 2.74. The van der Waals surface area contributed by atoms with E-state index in [1.165, 1.54) is 0 Å². The number of nitrogens with zero attached hydrogens (tertiary/aromatic N) is 2. The van der Waals surface area contributed by atoms with Crippen molar-refractivity contribution in [1.29, 1.82) is 0 Å². The normalized spacial score (nSPS) is 11.4. The van der Waals surface area contributed by atoms with E-state index in [9.17, 15) is 9.59 Å². The van der Waals surface area contributed by atoms with Crippen LogP contribution in [-0.4, -0.2) is 34.3 Å². The number of rotatable bonds is 7. The molecular formula is C22H24N4O4. The molecule has 0 fully saturated rings. The first kappa shape index (κ1) is 20.9. The van der Waals surface area contributed by atoms with Gasteiger partial charge in [-0.2, -0.15) is 5.10 Å². The quantitative estimate of drug-likeness (QED) is 0.586. The van der Waals surface area contributed by atoms with E-state index in [2.05, 4.69) is 16.0 Å². The van der Waals surface area contributed by atoms with Gasteiger partial charge < -0.3 is 9.47 Å². The van der Waals surface area contributed by atoms with Crippen LogP contribution >= 0.6 is 0 Å². The Morgan fingerprint density at radius 3 is 2.37 bits per heavy atom. The highest BCUT2D eigenvalue weighted by molar-refractivity contribution is 5.94. The molecule has 2 amide bonds. The molecule has 3 rings (SSSR count). The molecule has 1 heterocycles. The standard InChI is InChI=1S/C22H24N4O4/c1-4-29-18-10-12-19(13-11-18)30-16(3)21(27)23-24-22(28)20-14-15(2)26(25-20)17-8-6-5-7-9-17/h5-14,16H,4H2,1-3H3,(H,23,27)(H,24,28). The molecule has 8 nitrogen and oxygen atoms in total. The first-order valence-electron chi connectivity index (χ1n) is 9.59. The van der Waals surface area contributed by atoms with Gasteiger partial charge in [-0.25, -0.2) is 4.68 Å². The minimum atomic E-state index is -0.813. The van der Waals surface area contributed by atoms with E-state index in [-0.39, 0.29) is 5.69 Å². The molecule has 0 aliphatic heterocycles. The van der Waals surface area contributed by atoms with Crippen LogP contribution in [0.4, 0.5) is 0 Å². The van der Waals surface area contributed by atoms with E-state index in [1.807, 2.05) is 44.2 Å². The number of benzene rings is 2. The molecule has 0 radical (unpaired) electrons. The summed E-state index contributed by atoms with van der Waals surface area (Å²) in [6.07, 6.45) is -0.813. The highest BCUT2D eigenvalue weighted by Crippen LogP contribution is 2.18. The first-order valence-corrected chi connectivity index (χ1v) is 9.59. The highest BCUT2D eigenvalue weighted by Gasteiger charge is 2.18. The molecule has 30 heavy (non-hydrogen) atoms. The molecule has 0 saturated carbocycles. The monoisotopic (exact) mass is 408 g/mol. The maximum absolute atomic E-state index is 12.4. The molecule has 2 aromatic carbocycles. The molecule has 2 N–H and O–H groups in total. The minimum Gasteiger partial charge on any atom is -0.494 e. The van der Waals surface area contributed by atoms with Crippen molar-refractivity contribution in [3.05, 3.63) is 72.1 Å². The van der Waals surface area contributed by atoms with Crippen molar-refractivity contribution < 1.29 is 19.1 Å². The zero-order chi connectivity index (χ0) is 21.5. The summed E-state index contributed by atoms with van der Waals surface area (Å²) in [4.78, 5) is 24.6. The SMILES string of the molecule is CCOc1ccc(OC(C)C(=O)NNC(=O)c2cc(C)n(-c3ccccc3)n2)cc1. The number of hydrogen-bond donors (Lipinski definition) is 2. The van der Waals surface area contributed by atoms with Crippen molar-refractivity contribution >= 4 is 11.8 Å². The lowest BCUT2D eigenvalue weighted by atomic mass is 10.3. The molecular weight excluding hydrogens is 384 g/mol. The molecule has 156 valence electrons. The van der Waals surface area contributed by atoms with Gasteiger partial charge in [0.05, 0.1) is 12.3 Å². The van der Waals surface area contributed by atoms with Gasteiger partial charge in [-0.15, -0.1) is 0 Å². The number of carbonyl (C=O) groups is 2. The van der Waals surface area contributed by atoms with Crippen molar-refractivity contribution in [2.75, 3.05) is 6.61 Å². The van der Waals surface area contributed by atoms with Crippen LogP contribution in [-0.2, 0) is 4.79 Å². The molecule has 1 atom stereocenters. The molecule has 1 aromatic heterocycles. The van der Waals surface area contributed by atoms with Crippen LogP contribution < -0.4 is 20.3 Å². The fourth-order valence-electron chi connectivity index (χ4n) is 2.74. The number of carbonyl (C=O) groups excluding carboxylic acids is 2. The Balaban J connectivity index is 1.54. The summed E-state index contributed by atoms with van der Waals surface area (Å²) in [6.45, 7) is 5.91. The third kappa shape index (κ3) is 5.16. The van der Waals surface area contributed by atoms with E-state index in [0.717, 1.165) is 17.1 Å². The first-order chi connectivity index (χ1) is 14.5. The summed E-state index contributed by atoms with van der Waals surface area (Å²) in [6, 6.07) is 18.1.